The van der Waals surface area contributed by atoms with E-state index in [0.717, 1.165) is 18.2 Å². The summed E-state index contributed by atoms with van der Waals surface area (Å²) in [6.07, 6.45) is -12.2. The molecule has 2 aromatic carbocycles. The van der Waals surface area contributed by atoms with Crippen LogP contribution in [0.5, 0.6) is 28.7 Å². The minimum absolute atomic E-state index is 0.00161. The van der Waals surface area contributed by atoms with Crippen LogP contribution in [0, 0.1) is 0 Å². The van der Waals surface area contributed by atoms with E-state index in [1.54, 1.807) is 0 Å². The zero-order valence-corrected chi connectivity index (χ0v) is 22.4. The van der Waals surface area contributed by atoms with Crippen LogP contribution in [0.3, 0.4) is 0 Å². The Morgan fingerprint density at radius 2 is 1.72 bits per heavy atom. The number of aliphatic hydroxyl groups is 6. The number of benzene rings is 2. The Labute approximate surface area is 241 Å². The largest absolute Gasteiger partial charge is 0.507 e. The van der Waals surface area contributed by atoms with Gasteiger partial charge >= 0.3 is 0 Å². The second-order valence-corrected chi connectivity index (χ2v) is 10.1. The fourth-order valence-electron chi connectivity index (χ4n) is 4.81. The first kappa shape index (κ1) is 30.7. The van der Waals surface area contributed by atoms with Gasteiger partial charge in [0.15, 0.2) is 29.7 Å². The van der Waals surface area contributed by atoms with Crippen LogP contribution >= 0.6 is 0 Å². The van der Waals surface area contributed by atoms with Gasteiger partial charge in [0.25, 0.3) is 0 Å². The summed E-state index contributed by atoms with van der Waals surface area (Å²) in [7, 11) is 1.32. The van der Waals surface area contributed by atoms with Crippen LogP contribution in [0.25, 0.3) is 22.3 Å². The van der Waals surface area contributed by atoms with Crippen LogP contribution in [0.1, 0.15) is 0 Å². The SMILES string of the molecule is COc1cc(O)c2c(=O)c(OC3OC(CO)C(O)C(O)C3OC3OCC(O)(CO)C3O)c(-c3ccc(O)c(O)c3)oc2c1. The van der Waals surface area contributed by atoms with Crippen LogP contribution in [-0.2, 0) is 14.2 Å². The summed E-state index contributed by atoms with van der Waals surface area (Å²) < 4.78 is 33.4. The van der Waals surface area contributed by atoms with Gasteiger partial charge in [0, 0.05) is 17.7 Å². The third-order valence-electron chi connectivity index (χ3n) is 7.31. The predicted octanol–water partition coefficient (Wildman–Crippen LogP) is -1.77. The van der Waals surface area contributed by atoms with Gasteiger partial charge in [-0.05, 0) is 18.2 Å². The number of hydrogen-bond donors (Lipinski definition) is 9. The maximum absolute atomic E-state index is 13.8. The van der Waals surface area contributed by atoms with Crippen molar-refractivity contribution in [3.63, 3.8) is 0 Å². The van der Waals surface area contributed by atoms with Gasteiger partial charge < -0.3 is 74.1 Å². The summed E-state index contributed by atoms with van der Waals surface area (Å²) in [6.45, 7) is -2.27. The Balaban J connectivity index is 1.63. The van der Waals surface area contributed by atoms with E-state index in [1.807, 2.05) is 0 Å². The number of phenols is 3. The molecular formula is C27H30O16. The molecule has 1 aromatic heterocycles. The predicted molar refractivity (Wildman–Crippen MR) is 141 cm³/mol. The van der Waals surface area contributed by atoms with Gasteiger partial charge in [-0.3, -0.25) is 4.79 Å². The lowest BCUT2D eigenvalue weighted by molar-refractivity contribution is -0.319. The van der Waals surface area contributed by atoms with E-state index in [0.29, 0.717) is 0 Å². The highest BCUT2D eigenvalue weighted by Gasteiger charge is 2.53. The van der Waals surface area contributed by atoms with E-state index in [4.69, 9.17) is 28.1 Å². The minimum Gasteiger partial charge on any atom is -0.507 e. The van der Waals surface area contributed by atoms with Crippen molar-refractivity contribution in [3.8, 4) is 40.1 Å². The third kappa shape index (κ3) is 5.44. The summed E-state index contributed by atoms with van der Waals surface area (Å²) in [5.74, 6) is -2.50. The van der Waals surface area contributed by atoms with E-state index in [-0.39, 0.29) is 28.0 Å². The van der Waals surface area contributed by atoms with Gasteiger partial charge in [-0.2, -0.15) is 0 Å². The molecule has 2 saturated heterocycles. The highest BCUT2D eigenvalue weighted by molar-refractivity contribution is 5.88. The van der Waals surface area contributed by atoms with Crippen molar-refractivity contribution in [1.29, 1.82) is 0 Å². The molecule has 0 saturated carbocycles. The molecule has 0 bridgehead atoms. The molecule has 5 rings (SSSR count). The summed E-state index contributed by atoms with van der Waals surface area (Å²) in [5, 5.41) is 91.6. The minimum atomic E-state index is -2.11. The molecule has 3 aromatic rings. The average molecular weight is 611 g/mol. The van der Waals surface area contributed by atoms with Crippen molar-refractivity contribution in [2.75, 3.05) is 26.9 Å². The molecule has 0 amide bonds. The first-order chi connectivity index (χ1) is 20.4. The van der Waals surface area contributed by atoms with Gasteiger partial charge in [-0.25, -0.2) is 0 Å². The number of fused-ring (bicyclic) bond motifs is 1. The molecule has 2 aliphatic heterocycles. The lowest BCUT2D eigenvalue weighted by Crippen LogP contribution is -2.62. The number of rotatable bonds is 8. The fourth-order valence-corrected chi connectivity index (χ4v) is 4.81. The Hall–Kier alpha value is -3.71. The smallest absolute Gasteiger partial charge is 0.239 e. The molecule has 2 fully saturated rings. The van der Waals surface area contributed by atoms with E-state index in [9.17, 15) is 50.8 Å². The fraction of sp³-hybridized carbons (Fsp3) is 0.444. The second kappa shape index (κ2) is 11.8. The van der Waals surface area contributed by atoms with E-state index >= 15 is 0 Å². The molecule has 3 heterocycles. The second-order valence-electron chi connectivity index (χ2n) is 10.1. The Bertz CT molecular complexity index is 1540. The normalized spacial score (nSPS) is 30.9. The molecule has 16 nitrogen and oxygen atoms in total. The molecule has 8 unspecified atom stereocenters. The topological polar surface area (TPSA) is 258 Å². The van der Waals surface area contributed by atoms with Crippen molar-refractivity contribution >= 4 is 11.0 Å². The highest BCUT2D eigenvalue weighted by atomic mass is 16.8. The van der Waals surface area contributed by atoms with Crippen molar-refractivity contribution in [3.05, 3.63) is 40.6 Å². The Kier molecular flexibility index (Phi) is 8.41. The zero-order valence-electron chi connectivity index (χ0n) is 22.4. The maximum atomic E-state index is 13.8. The van der Waals surface area contributed by atoms with E-state index in [1.165, 1.54) is 19.2 Å². The summed E-state index contributed by atoms with van der Waals surface area (Å²) >= 11 is 0. The van der Waals surface area contributed by atoms with Crippen molar-refractivity contribution in [2.24, 2.45) is 0 Å². The molecule has 234 valence electrons. The van der Waals surface area contributed by atoms with Crippen LogP contribution in [0.15, 0.2) is 39.5 Å². The van der Waals surface area contributed by atoms with Crippen LogP contribution in [0.2, 0.25) is 0 Å². The average Bonchev–Trinajstić information content (AvgIpc) is 3.27. The molecule has 0 spiro atoms. The molecule has 8 atom stereocenters. The van der Waals surface area contributed by atoms with E-state index < -0.39 is 96.9 Å². The zero-order chi connectivity index (χ0) is 31.2. The molecular weight excluding hydrogens is 580 g/mol. The van der Waals surface area contributed by atoms with Gasteiger partial charge in [0.05, 0.1) is 26.9 Å². The molecule has 0 radical (unpaired) electrons. The summed E-state index contributed by atoms with van der Waals surface area (Å²) in [4.78, 5) is 13.8. The molecule has 2 aliphatic rings. The lowest BCUT2D eigenvalue weighted by atomic mass is 9.98. The highest BCUT2D eigenvalue weighted by Crippen LogP contribution is 2.40. The number of ether oxygens (including phenoxy) is 5. The number of methoxy groups -OCH3 is 1. The van der Waals surface area contributed by atoms with E-state index in [2.05, 4.69) is 0 Å². The standard InChI is InChI=1S/C27H30O16/c1-38-11-5-14(32)17-15(6-11)40-21(10-2-3-12(30)13(31)4-10)22(19(17)34)42-25-23(20(35)18(33)16(7-28)41-25)43-26-24(36)27(37,8-29)9-39-26/h2-6,16,18,20,23-26,28-33,35-37H,7-9H2,1H3. The number of aromatic hydroxyl groups is 3. The van der Waals surface area contributed by atoms with Gasteiger partial charge in [-0.15, -0.1) is 0 Å². The Morgan fingerprint density at radius 1 is 0.977 bits per heavy atom. The first-order valence-electron chi connectivity index (χ1n) is 12.9. The Morgan fingerprint density at radius 3 is 2.35 bits per heavy atom. The van der Waals surface area contributed by atoms with Crippen molar-refractivity contribution in [2.45, 2.75) is 48.7 Å². The number of hydrogen-bond acceptors (Lipinski definition) is 16. The lowest BCUT2D eigenvalue weighted by Gasteiger charge is -2.42. The van der Waals surface area contributed by atoms with Crippen molar-refractivity contribution < 1.29 is 74.1 Å². The molecule has 43 heavy (non-hydrogen) atoms. The summed E-state index contributed by atoms with van der Waals surface area (Å²) in [6, 6.07) is 5.87. The van der Waals surface area contributed by atoms with Gasteiger partial charge in [0.1, 0.15) is 52.5 Å². The number of phenolic OH excluding ortho intramolecular Hbond substituents is 3. The monoisotopic (exact) mass is 610 g/mol. The first-order valence-corrected chi connectivity index (χ1v) is 12.9. The van der Waals surface area contributed by atoms with Gasteiger partial charge in [0.2, 0.25) is 17.5 Å². The van der Waals surface area contributed by atoms with Crippen LogP contribution in [-0.4, -0.2) is 122 Å². The molecule has 16 heteroatoms. The quantitative estimate of drug-likeness (QED) is 0.128. The number of aliphatic hydroxyl groups excluding tert-OH is 5. The molecule has 9 N–H and O–H groups in total. The van der Waals surface area contributed by atoms with Crippen LogP contribution in [0.4, 0.5) is 0 Å². The maximum Gasteiger partial charge on any atom is 0.239 e. The van der Waals surface area contributed by atoms with Crippen LogP contribution < -0.4 is 14.9 Å². The van der Waals surface area contributed by atoms with Crippen molar-refractivity contribution in [1.82, 2.24) is 0 Å². The third-order valence-corrected chi connectivity index (χ3v) is 7.31. The molecule has 0 aliphatic carbocycles. The summed E-state index contributed by atoms with van der Waals surface area (Å²) in [5.41, 5.74) is -3.25. The van der Waals surface area contributed by atoms with Gasteiger partial charge in [-0.1, -0.05) is 0 Å².